The zero-order valence-corrected chi connectivity index (χ0v) is 39.0. The number of carbonyl (C=O) groups is 2. The molecule has 356 valence electrons. The van der Waals surface area contributed by atoms with Gasteiger partial charge < -0.3 is 15.4 Å². The fraction of sp³-hybridized carbons (Fsp3) is 0.333. The number of nitrogens with zero attached hydrogens (tertiary/aromatic N) is 4. The molecule has 0 unspecified atom stereocenters. The van der Waals surface area contributed by atoms with E-state index in [1.54, 1.807) is 54.5 Å². The van der Waals surface area contributed by atoms with Crippen LogP contribution in [0.2, 0.25) is 0 Å². The molecule has 2 aromatic heterocycles. The van der Waals surface area contributed by atoms with Crippen molar-refractivity contribution in [3.05, 3.63) is 130 Å². The maximum absolute atomic E-state index is 13.9. The molecule has 2 heterocycles. The lowest BCUT2D eigenvalue weighted by Crippen LogP contribution is -2.14. The minimum absolute atomic E-state index is 0.129. The van der Waals surface area contributed by atoms with Gasteiger partial charge in [-0.3, -0.25) is 18.7 Å². The number of ether oxygens (including phenoxy) is 1. The van der Waals surface area contributed by atoms with Crippen molar-refractivity contribution in [2.75, 3.05) is 23.7 Å². The van der Waals surface area contributed by atoms with Crippen molar-refractivity contribution in [2.45, 2.75) is 84.5 Å². The van der Waals surface area contributed by atoms with Gasteiger partial charge in [0.25, 0.3) is 0 Å². The predicted octanol–water partition coefficient (Wildman–Crippen LogP) is 14.4. The number of carbonyl (C=O) groups excluding carboxylic acids is 2. The number of hydrogen-bond acceptors (Lipinski definition) is 7. The second-order valence-corrected chi connectivity index (χ2v) is 18.5. The van der Waals surface area contributed by atoms with Gasteiger partial charge in [0.1, 0.15) is 41.0 Å². The Morgan fingerprint density at radius 3 is 1.60 bits per heavy atom. The van der Waals surface area contributed by atoms with Gasteiger partial charge in [0.05, 0.1) is 35.2 Å². The van der Waals surface area contributed by atoms with Crippen molar-refractivity contribution in [3.63, 3.8) is 0 Å². The monoisotopic (exact) mass is 1000 g/mol. The Bertz CT molecular complexity index is 3010. The van der Waals surface area contributed by atoms with E-state index in [-0.39, 0.29) is 24.7 Å². The Balaban J connectivity index is 0.000000189. The van der Waals surface area contributed by atoms with Crippen LogP contribution in [0.3, 0.4) is 0 Å². The number of Topliss-reactive ketones (excluding diaryl/α,β-unsaturated/α-hetero) is 2. The number of rotatable bonds is 16. The highest BCUT2D eigenvalue weighted by molar-refractivity contribution is 9.10. The third-order valence-electron chi connectivity index (χ3n) is 12.0. The van der Waals surface area contributed by atoms with E-state index in [1.165, 1.54) is 12.1 Å². The molecule has 2 fully saturated rings. The first-order valence-electron chi connectivity index (χ1n) is 22.3. The third kappa shape index (κ3) is 12.1. The van der Waals surface area contributed by atoms with Crippen molar-refractivity contribution in [2.24, 2.45) is 11.8 Å². The number of aromatic nitrogens is 4. The number of imidazole rings is 2. The highest BCUT2D eigenvalue weighted by atomic mass is 79.9. The van der Waals surface area contributed by atoms with Gasteiger partial charge in [-0.25, -0.2) is 14.4 Å². The Kier molecular flexibility index (Phi) is 14.0. The van der Waals surface area contributed by atoms with Gasteiger partial charge in [-0.05, 0) is 130 Å². The Morgan fingerprint density at radius 2 is 1.13 bits per heavy atom. The van der Waals surface area contributed by atoms with Crippen LogP contribution in [-0.4, -0.2) is 56.1 Å². The molecular weight excluding hydrogens is 957 g/mol. The molecule has 2 saturated carbocycles. The van der Waals surface area contributed by atoms with E-state index in [9.17, 15) is 40.3 Å². The number of nitrogens with one attached hydrogen (secondary N) is 2. The molecule has 0 bridgehead atoms. The topological polar surface area (TPSA) is 103 Å². The van der Waals surface area contributed by atoms with E-state index in [2.05, 4.69) is 36.5 Å². The maximum Gasteiger partial charge on any atom is 0.390 e. The SMILES string of the molecule is Cc1cc(-n2cnc3c(NCCC(F)(F)F)cc(Br)cc32)ccc1C(=O)CC1CC1.Cc1ccc(F)cc1Oc1cc(NCCC(F)(F)F)c2ncn(-c3ccc(C(=O)CC4CC4)c(C)c3)c2c1. The van der Waals surface area contributed by atoms with E-state index in [0.29, 0.717) is 75.2 Å². The summed E-state index contributed by atoms with van der Waals surface area (Å²) in [5.41, 5.74) is 8.75. The molecule has 7 aromatic rings. The summed E-state index contributed by atoms with van der Waals surface area (Å²) in [4.78, 5) is 34.0. The van der Waals surface area contributed by atoms with Crippen LogP contribution in [0.1, 0.15) is 88.8 Å². The predicted molar refractivity (Wildman–Crippen MR) is 252 cm³/mol. The highest BCUT2D eigenvalue weighted by Crippen LogP contribution is 2.38. The summed E-state index contributed by atoms with van der Waals surface area (Å²) in [5.74, 6) is 1.48. The van der Waals surface area contributed by atoms with Crippen LogP contribution in [0.15, 0.2) is 96.0 Å². The van der Waals surface area contributed by atoms with E-state index < -0.39 is 31.0 Å². The molecule has 2 N–H and O–H groups in total. The van der Waals surface area contributed by atoms with Crippen LogP contribution in [0.25, 0.3) is 33.4 Å². The summed E-state index contributed by atoms with van der Waals surface area (Å²) in [5, 5.41) is 5.66. The van der Waals surface area contributed by atoms with Gasteiger partial charge in [-0.1, -0.05) is 22.0 Å². The maximum atomic E-state index is 13.9. The normalized spacial score (nSPS) is 13.9. The largest absolute Gasteiger partial charge is 0.457 e. The van der Waals surface area contributed by atoms with E-state index in [4.69, 9.17) is 4.74 Å². The van der Waals surface area contributed by atoms with Crippen LogP contribution in [0.4, 0.5) is 42.1 Å². The first-order valence-corrected chi connectivity index (χ1v) is 23.1. The molecule has 2 aliphatic carbocycles. The summed E-state index contributed by atoms with van der Waals surface area (Å²) in [6.07, 6.45) is -1.60. The molecule has 17 heteroatoms. The third-order valence-corrected chi connectivity index (χ3v) is 12.4. The Hall–Kier alpha value is -6.23. The van der Waals surface area contributed by atoms with Gasteiger partial charge >= 0.3 is 12.4 Å². The van der Waals surface area contributed by atoms with Crippen molar-refractivity contribution in [1.82, 2.24) is 19.1 Å². The summed E-state index contributed by atoms with van der Waals surface area (Å²) in [7, 11) is 0. The van der Waals surface area contributed by atoms with Gasteiger partial charge in [-0.2, -0.15) is 26.3 Å². The van der Waals surface area contributed by atoms with Crippen molar-refractivity contribution < 1.29 is 45.1 Å². The smallest absolute Gasteiger partial charge is 0.390 e. The van der Waals surface area contributed by atoms with Crippen molar-refractivity contribution in [1.29, 1.82) is 0 Å². The van der Waals surface area contributed by atoms with E-state index in [1.807, 2.05) is 54.8 Å². The molecule has 0 spiro atoms. The fourth-order valence-corrected chi connectivity index (χ4v) is 8.46. The average molecular weight is 1010 g/mol. The molecule has 9 nitrogen and oxygen atoms in total. The Morgan fingerprint density at radius 1 is 0.647 bits per heavy atom. The van der Waals surface area contributed by atoms with Gasteiger partial charge in [-0.15, -0.1) is 0 Å². The summed E-state index contributed by atoms with van der Waals surface area (Å²) < 4.78 is 100. The zero-order chi connectivity index (χ0) is 48.5. The number of aryl methyl sites for hydroxylation is 3. The number of fused-ring (bicyclic) bond motifs is 2. The van der Waals surface area contributed by atoms with E-state index in [0.717, 1.165) is 63.7 Å². The molecule has 9 rings (SSSR count). The van der Waals surface area contributed by atoms with Crippen LogP contribution < -0.4 is 15.4 Å². The second kappa shape index (κ2) is 19.8. The van der Waals surface area contributed by atoms with Crippen LogP contribution in [0, 0.1) is 38.4 Å². The second-order valence-electron chi connectivity index (χ2n) is 17.6. The summed E-state index contributed by atoms with van der Waals surface area (Å²) in [6, 6.07) is 22.2. The van der Waals surface area contributed by atoms with Crippen molar-refractivity contribution >= 4 is 60.9 Å². The lowest BCUT2D eigenvalue weighted by atomic mass is 10.0. The lowest BCUT2D eigenvalue weighted by molar-refractivity contribution is -0.132. The number of benzene rings is 5. The number of ketones is 2. The highest BCUT2D eigenvalue weighted by Gasteiger charge is 2.29. The molecule has 0 saturated heterocycles. The number of anilines is 2. The number of hydrogen-bond donors (Lipinski definition) is 2. The lowest BCUT2D eigenvalue weighted by Gasteiger charge is -2.14. The number of halogens is 8. The molecule has 68 heavy (non-hydrogen) atoms. The Labute approximate surface area is 396 Å². The molecule has 0 aliphatic heterocycles. The quantitative estimate of drug-likeness (QED) is 0.0734. The zero-order valence-electron chi connectivity index (χ0n) is 37.4. The van der Waals surface area contributed by atoms with E-state index >= 15 is 0 Å². The fourth-order valence-electron chi connectivity index (χ4n) is 8.01. The van der Waals surface area contributed by atoms with Gasteiger partial charge in [0.15, 0.2) is 11.6 Å². The molecule has 0 atom stereocenters. The minimum Gasteiger partial charge on any atom is -0.457 e. The van der Waals surface area contributed by atoms with Crippen LogP contribution in [-0.2, 0) is 0 Å². The first-order chi connectivity index (χ1) is 32.3. The van der Waals surface area contributed by atoms with Crippen LogP contribution in [0.5, 0.6) is 11.5 Å². The first kappa shape index (κ1) is 48.2. The molecule has 0 radical (unpaired) electrons. The van der Waals surface area contributed by atoms with Gasteiger partial charge in [0.2, 0.25) is 0 Å². The summed E-state index contributed by atoms with van der Waals surface area (Å²) >= 11 is 3.43. The molecule has 5 aromatic carbocycles. The van der Waals surface area contributed by atoms with Crippen molar-refractivity contribution in [3.8, 4) is 22.9 Å². The molecule has 0 amide bonds. The average Bonchev–Trinajstić information content (AvgIpc) is 4.18. The molecule has 2 aliphatic rings. The van der Waals surface area contributed by atoms with Gasteiger partial charge in [0, 0.05) is 71.1 Å². The molecular formula is C51H48BrF7N6O3. The van der Waals surface area contributed by atoms with Crippen LogP contribution >= 0.6 is 15.9 Å². The minimum atomic E-state index is -4.31. The summed E-state index contributed by atoms with van der Waals surface area (Å²) in [6.45, 7) is 5.01. The standard InChI is InChI=1S/C29H27F4N3O2.C22H21BrF3N3O/c1-17-3-6-20(30)13-27(17)38-22-14-24(34-10-9-29(31,32)33)28-25(15-22)36(16-35-28)21-7-8-23(18(2)11-21)26(37)12-19-4-5-19;1-13-8-16(4-5-17(13)20(30)9-14-2-3-14)29-12-28-21-18(10-15(23)11-19(21)29)27-7-6-22(24,25)26/h3,6-8,11,13-16,19,34H,4-5,9-10,12H2,1-2H3;4-5,8,10-12,14,27H,2-3,6-7,9H2,1H3. The number of alkyl halides is 6.